The lowest BCUT2D eigenvalue weighted by atomic mass is 10.0. The topological polar surface area (TPSA) is 66.4 Å². The number of hydrogen-bond donors (Lipinski definition) is 2. The SMILES string of the molecule is CC(C)C[C@@H](NC(=O)C(C)C(F)(F)F)C(=O)O. The van der Waals surface area contributed by atoms with Crippen LogP contribution in [-0.4, -0.2) is 29.2 Å². The van der Waals surface area contributed by atoms with Crippen LogP contribution in [0.15, 0.2) is 0 Å². The number of amides is 1. The van der Waals surface area contributed by atoms with E-state index in [2.05, 4.69) is 0 Å². The fraction of sp³-hybridized carbons (Fsp3) is 0.800. The molecule has 100 valence electrons. The van der Waals surface area contributed by atoms with Gasteiger partial charge < -0.3 is 10.4 Å². The summed E-state index contributed by atoms with van der Waals surface area (Å²) in [5, 5.41) is 10.7. The number of aliphatic carboxylic acids is 1. The molecule has 0 fully saturated rings. The number of hydrogen-bond acceptors (Lipinski definition) is 2. The summed E-state index contributed by atoms with van der Waals surface area (Å²) in [4.78, 5) is 21.9. The number of alkyl halides is 3. The predicted molar refractivity (Wildman–Crippen MR) is 54.2 cm³/mol. The first-order chi connectivity index (χ1) is 7.55. The van der Waals surface area contributed by atoms with Crippen LogP contribution in [0.4, 0.5) is 13.2 Å². The Hall–Kier alpha value is -1.27. The molecular formula is C10H16F3NO3. The molecule has 7 heteroatoms. The first-order valence-corrected chi connectivity index (χ1v) is 5.15. The van der Waals surface area contributed by atoms with Gasteiger partial charge in [0.05, 0.1) is 0 Å². The minimum atomic E-state index is -4.66. The fourth-order valence-corrected chi connectivity index (χ4v) is 1.14. The Morgan fingerprint density at radius 3 is 2.00 bits per heavy atom. The van der Waals surface area contributed by atoms with E-state index in [1.54, 1.807) is 13.8 Å². The Labute approximate surface area is 97.2 Å². The highest BCUT2D eigenvalue weighted by Gasteiger charge is 2.42. The van der Waals surface area contributed by atoms with Crippen molar-refractivity contribution in [2.75, 3.05) is 0 Å². The molecule has 4 nitrogen and oxygen atoms in total. The summed E-state index contributed by atoms with van der Waals surface area (Å²) in [5.41, 5.74) is 0. The number of carbonyl (C=O) groups is 2. The maximum absolute atomic E-state index is 12.2. The van der Waals surface area contributed by atoms with E-state index < -0.39 is 30.0 Å². The van der Waals surface area contributed by atoms with Gasteiger partial charge >= 0.3 is 12.1 Å². The lowest BCUT2D eigenvalue weighted by Crippen LogP contribution is -2.46. The van der Waals surface area contributed by atoms with Gasteiger partial charge in [0, 0.05) is 0 Å². The molecule has 0 bridgehead atoms. The van der Waals surface area contributed by atoms with E-state index in [1.165, 1.54) is 0 Å². The van der Waals surface area contributed by atoms with E-state index >= 15 is 0 Å². The van der Waals surface area contributed by atoms with Crippen LogP contribution in [0, 0.1) is 11.8 Å². The van der Waals surface area contributed by atoms with E-state index in [1.807, 2.05) is 5.32 Å². The van der Waals surface area contributed by atoms with Crippen molar-refractivity contribution in [1.82, 2.24) is 5.32 Å². The molecule has 0 rings (SSSR count). The molecular weight excluding hydrogens is 239 g/mol. The van der Waals surface area contributed by atoms with Gasteiger partial charge in [0.15, 0.2) is 0 Å². The number of rotatable bonds is 5. The van der Waals surface area contributed by atoms with Crippen molar-refractivity contribution < 1.29 is 27.9 Å². The van der Waals surface area contributed by atoms with E-state index in [0.29, 0.717) is 6.92 Å². The molecule has 0 aromatic carbocycles. The van der Waals surface area contributed by atoms with Gasteiger partial charge in [-0.05, 0) is 19.3 Å². The minimum Gasteiger partial charge on any atom is -0.480 e. The molecule has 17 heavy (non-hydrogen) atoms. The first-order valence-electron chi connectivity index (χ1n) is 5.15. The van der Waals surface area contributed by atoms with Gasteiger partial charge in [-0.25, -0.2) is 4.79 Å². The molecule has 1 amide bonds. The van der Waals surface area contributed by atoms with E-state index in [4.69, 9.17) is 5.11 Å². The molecule has 0 heterocycles. The van der Waals surface area contributed by atoms with E-state index in [-0.39, 0.29) is 12.3 Å². The highest BCUT2D eigenvalue weighted by atomic mass is 19.4. The minimum absolute atomic E-state index is 0.0439. The summed E-state index contributed by atoms with van der Waals surface area (Å²) in [6.07, 6.45) is -4.57. The predicted octanol–water partition coefficient (Wildman–Crippen LogP) is 1.80. The summed E-state index contributed by atoms with van der Waals surface area (Å²) in [6.45, 7) is 4.13. The zero-order valence-electron chi connectivity index (χ0n) is 9.84. The molecule has 0 aliphatic rings. The Bertz CT molecular complexity index is 289. The Balaban J connectivity index is 4.57. The van der Waals surface area contributed by atoms with Crippen LogP contribution in [0.1, 0.15) is 27.2 Å². The lowest BCUT2D eigenvalue weighted by molar-refractivity contribution is -0.180. The summed E-state index contributed by atoms with van der Waals surface area (Å²) in [6, 6.07) is -1.28. The summed E-state index contributed by atoms with van der Waals surface area (Å²) < 4.78 is 36.6. The molecule has 0 spiro atoms. The second-order valence-electron chi connectivity index (χ2n) is 4.29. The Morgan fingerprint density at radius 2 is 1.71 bits per heavy atom. The molecule has 2 atom stereocenters. The largest absolute Gasteiger partial charge is 0.480 e. The molecule has 2 N–H and O–H groups in total. The van der Waals surface area contributed by atoms with Gasteiger partial charge in [0.2, 0.25) is 5.91 Å². The highest BCUT2D eigenvalue weighted by molar-refractivity contribution is 5.85. The van der Waals surface area contributed by atoms with Crippen molar-refractivity contribution in [3.63, 3.8) is 0 Å². The molecule has 0 saturated carbocycles. The lowest BCUT2D eigenvalue weighted by Gasteiger charge is -2.20. The Kier molecular flexibility index (Phi) is 5.44. The summed E-state index contributed by atoms with van der Waals surface area (Å²) >= 11 is 0. The van der Waals surface area contributed by atoms with Crippen LogP contribution in [-0.2, 0) is 9.59 Å². The molecule has 0 aromatic rings. The molecule has 0 aliphatic heterocycles. The standard InChI is InChI=1S/C10H16F3NO3/c1-5(2)4-7(9(16)17)14-8(15)6(3)10(11,12)13/h5-7H,4H2,1-3H3,(H,14,15)(H,16,17)/t6?,7-/m1/s1. The van der Waals surface area contributed by atoms with Crippen LogP contribution in [0.2, 0.25) is 0 Å². The smallest absolute Gasteiger partial charge is 0.400 e. The van der Waals surface area contributed by atoms with Gasteiger partial charge in [-0.15, -0.1) is 0 Å². The number of halogens is 3. The van der Waals surface area contributed by atoms with Crippen LogP contribution < -0.4 is 5.32 Å². The van der Waals surface area contributed by atoms with Crippen LogP contribution >= 0.6 is 0 Å². The molecule has 0 aromatic heterocycles. The first kappa shape index (κ1) is 15.7. The van der Waals surface area contributed by atoms with Crippen molar-refractivity contribution in [2.45, 2.75) is 39.4 Å². The van der Waals surface area contributed by atoms with Crippen molar-refractivity contribution in [1.29, 1.82) is 0 Å². The van der Waals surface area contributed by atoms with Crippen LogP contribution in [0.3, 0.4) is 0 Å². The van der Waals surface area contributed by atoms with Gasteiger partial charge in [0.25, 0.3) is 0 Å². The third-order valence-electron chi connectivity index (χ3n) is 2.21. The number of carboxylic acid groups (broad SMARTS) is 1. The molecule has 0 saturated heterocycles. The van der Waals surface area contributed by atoms with E-state index in [0.717, 1.165) is 0 Å². The zero-order valence-corrected chi connectivity index (χ0v) is 9.84. The molecule has 1 unspecified atom stereocenters. The van der Waals surface area contributed by atoms with Crippen molar-refractivity contribution in [3.8, 4) is 0 Å². The molecule has 0 radical (unpaired) electrons. The normalized spacial score (nSPS) is 15.5. The highest BCUT2D eigenvalue weighted by Crippen LogP contribution is 2.25. The number of carbonyl (C=O) groups excluding carboxylic acids is 1. The quantitative estimate of drug-likeness (QED) is 0.787. The van der Waals surface area contributed by atoms with Gasteiger partial charge in [-0.2, -0.15) is 13.2 Å². The van der Waals surface area contributed by atoms with Crippen LogP contribution in [0.5, 0.6) is 0 Å². The average Bonchev–Trinajstić information content (AvgIpc) is 2.13. The fourth-order valence-electron chi connectivity index (χ4n) is 1.14. The summed E-state index contributed by atoms with van der Waals surface area (Å²) in [7, 11) is 0. The second kappa shape index (κ2) is 5.88. The van der Waals surface area contributed by atoms with Gasteiger partial charge in [-0.3, -0.25) is 4.79 Å². The third-order valence-corrected chi connectivity index (χ3v) is 2.21. The third kappa shape index (κ3) is 5.55. The number of nitrogens with one attached hydrogen (secondary N) is 1. The van der Waals surface area contributed by atoms with Crippen LogP contribution in [0.25, 0.3) is 0 Å². The second-order valence-corrected chi connectivity index (χ2v) is 4.29. The van der Waals surface area contributed by atoms with Crippen molar-refractivity contribution in [2.24, 2.45) is 11.8 Å². The van der Waals surface area contributed by atoms with Gasteiger partial charge in [0.1, 0.15) is 12.0 Å². The molecule has 0 aliphatic carbocycles. The van der Waals surface area contributed by atoms with Crippen molar-refractivity contribution >= 4 is 11.9 Å². The van der Waals surface area contributed by atoms with Gasteiger partial charge in [-0.1, -0.05) is 13.8 Å². The number of carboxylic acids is 1. The maximum Gasteiger partial charge on any atom is 0.400 e. The van der Waals surface area contributed by atoms with E-state index in [9.17, 15) is 22.8 Å². The zero-order chi connectivity index (χ0) is 13.8. The average molecular weight is 255 g/mol. The summed E-state index contributed by atoms with van der Waals surface area (Å²) in [5.74, 6) is -4.90. The monoisotopic (exact) mass is 255 g/mol. The Morgan fingerprint density at radius 1 is 1.24 bits per heavy atom. The van der Waals surface area contributed by atoms with Crippen molar-refractivity contribution in [3.05, 3.63) is 0 Å². The maximum atomic E-state index is 12.2.